The second-order valence-electron chi connectivity index (χ2n) is 6.37. The molecule has 7 heteroatoms. The summed E-state index contributed by atoms with van der Waals surface area (Å²) in [6.45, 7) is 3.95. The Morgan fingerprint density at radius 2 is 1.68 bits per heavy atom. The van der Waals surface area contributed by atoms with Gasteiger partial charge in [-0.3, -0.25) is 0 Å². The molecule has 4 nitrogen and oxygen atoms in total. The van der Waals surface area contributed by atoms with Crippen LogP contribution in [-0.2, 0) is 19.3 Å². The van der Waals surface area contributed by atoms with E-state index in [1.165, 1.54) is 11.8 Å². The fraction of sp³-hybridized carbons (Fsp3) is 0.286. The molecule has 0 saturated heterocycles. The molecule has 146 valence electrons. The molecule has 0 aliphatic carbocycles. The highest BCUT2D eigenvalue weighted by Gasteiger charge is 2.10. The van der Waals surface area contributed by atoms with Crippen molar-refractivity contribution in [3.8, 4) is 11.6 Å². The molecule has 0 bridgehead atoms. The van der Waals surface area contributed by atoms with Crippen LogP contribution in [0, 0.1) is 6.92 Å². The van der Waals surface area contributed by atoms with E-state index in [1.54, 1.807) is 6.07 Å². The molecule has 1 aromatic carbocycles. The number of ether oxygens (including phenoxy) is 1. The van der Waals surface area contributed by atoms with Gasteiger partial charge in [0.15, 0.2) is 0 Å². The van der Waals surface area contributed by atoms with Gasteiger partial charge in [0.25, 0.3) is 0 Å². The van der Waals surface area contributed by atoms with E-state index in [2.05, 4.69) is 15.0 Å². The largest absolute Gasteiger partial charge is 0.438 e. The fourth-order valence-corrected chi connectivity index (χ4v) is 3.58. The lowest BCUT2D eigenvalue weighted by Crippen LogP contribution is -2.03. The molecule has 0 amide bonds. The summed E-state index contributed by atoms with van der Waals surface area (Å²) in [5, 5.41) is 1.54. The molecule has 3 rings (SSSR count). The van der Waals surface area contributed by atoms with Gasteiger partial charge in [-0.1, -0.05) is 53.9 Å². The number of hydrogen-bond donors (Lipinski definition) is 0. The summed E-state index contributed by atoms with van der Waals surface area (Å²) in [4.78, 5) is 13.0. The molecule has 0 fully saturated rings. The highest BCUT2D eigenvalue weighted by Crippen LogP contribution is 2.29. The first-order chi connectivity index (χ1) is 13.5. The molecule has 0 unspecified atom stereocenters. The number of benzene rings is 1. The Bertz CT molecular complexity index is 962. The second-order valence-corrected chi connectivity index (χ2v) is 7.59. The smallest absolute Gasteiger partial charge is 0.238 e. The second kappa shape index (κ2) is 9.55. The minimum Gasteiger partial charge on any atom is -0.438 e. The summed E-state index contributed by atoms with van der Waals surface area (Å²) >= 11 is 18.4. The summed E-state index contributed by atoms with van der Waals surface area (Å²) < 4.78 is 5.71. The van der Waals surface area contributed by atoms with Crippen molar-refractivity contribution < 1.29 is 4.74 Å². The third kappa shape index (κ3) is 5.34. The van der Waals surface area contributed by atoms with Crippen molar-refractivity contribution in [3.63, 3.8) is 0 Å². The zero-order chi connectivity index (χ0) is 20.1. The number of aryl methyl sites for hydroxylation is 4. The lowest BCUT2D eigenvalue weighted by Gasteiger charge is -2.09. The number of nitrogens with zero attached hydrogens (tertiary/aromatic N) is 3. The van der Waals surface area contributed by atoms with Crippen molar-refractivity contribution in [1.29, 1.82) is 0 Å². The number of aromatic nitrogens is 3. The van der Waals surface area contributed by atoms with E-state index >= 15 is 0 Å². The first-order valence-electron chi connectivity index (χ1n) is 9.06. The van der Waals surface area contributed by atoms with E-state index < -0.39 is 0 Å². The quantitative estimate of drug-likeness (QED) is 0.415. The Kier molecular flexibility index (Phi) is 7.11. The van der Waals surface area contributed by atoms with Gasteiger partial charge < -0.3 is 4.74 Å². The van der Waals surface area contributed by atoms with Crippen LogP contribution in [-0.4, -0.2) is 15.0 Å². The molecule has 2 heterocycles. The minimum atomic E-state index is 0.333. The Labute approximate surface area is 179 Å². The summed E-state index contributed by atoms with van der Waals surface area (Å²) in [6, 6.07) is 9.47. The van der Waals surface area contributed by atoms with Gasteiger partial charge in [0.1, 0.15) is 16.6 Å². The van der Waals surface area contributed by atoms with Crippen LogP contribution in [0.3, 0.4) is 0 Å². The SMILES string of the molecule is CCc1nc(C)nc(CCCc2ccc(Oc3ncc(Cl)cc3Cl)cc2)c1Cl. The predicted molar refractivity (Wildman–Crippen MR) is 114 cm³/mol. The minimum absolute atomic E-state index is 0.333. The van der Waals surface area contributed by atoms with Crippen molar-refractivity contribution in [2.24, 2.45) is 0 Å². The predicted octanol–water partition coefficient (Wildman–Crippen LogP) is 6.67. The maximum Gasteiger partial charge on any atom is 0.238 e. The molecule has 2 aromatic heterocycles. The van der Waals surface area contributed by atoms with Gasteiger partial charge in [-0.05, 0) is 56.4 Å². The third-order valence-electron chi connectivity index (χ3n) is 4.23. The highest BCUT2D eigenvalue weighted by atomic mass is 35.5. The molecule has 3 aromatic rings. The van der Waals surface area contributed by atoms with E-state index in [0.717, 1.165) is 42.9 Å². The number of hydrogen-bond acceptors (Lipinski definition) is 4. The molecule has 0 aliphatic rings. The molecule has 0 N–H and O–H groups in total. The van der Waals surface area contributed by atoms with E-state index in [1.807, 2.05) is 38.1 Å². The van der Waals surface area contributed by atoms with Gasteiger partial charge in [-0.15, -0.1) is 0 Å². The van der Waals surface area contributed by atoms with E-state index in [4.69, 9.17) is 39.5 Å². The van der Waals surface area contributed by atoms with E-state index in [9.17, 15) is 0 Å². The van der Waals surface area contributed by atoms with E-state index in [0.29, 0.717) is 26.7 Å². The van der Waals surface area contributed by atoms with Crippen molar-refractivity contribution in [3.05, 3.63) is 74.4 Å². The highest BCUT2D eigenvalue weighted by molar-refractivity contribution is 6.35. The van der Waals surface area contributed by atoms with Crippen LogP contribution in [0.1, 0.15) is 36.1 Å². The molecular weight excluding hydrogens is 417 g/mol. The van der Waals surface area contributed by atoms with Crippen molar-refractivity contribution in [2.75, 3.05) is 0 Å². The van der Waals surface area contributed by atoms with Gasteiger partial charge in [0.2, 0.25) is 5.88 Å². The van der Waals surface area contributed by atoms with Crippen LogP contribution >= 0.6 is 34.8 Å². The lowest BCUT2D eigenvalue weighted by atomic mass is 10.1. The maximum absolute atomic E-state index is 6.42. The summed E-state index contributed by atoms with van der Waals surface area (Å²) in [5.41, 5.74) is 3.05. The van der Waals surface area contributed by atoms with Crippen molar-refractivity contribution in [2.45, 2.75) is 39.5 Å². The number of halogens is 3. The van der Waals surface area contributed by atoms with Crippen LogP contribution in [0.5, 0.6) is 11.6 Å². The molecule has 0 atom stereocenters. The topological polar surface area (TPSA) is 47.9 Å². The molecule has 0 radical (unpaired) electrons. The van der Waals surface area contributed by atoms with E-state index in [-0.39, 0.29) is 0 Å². The normalized spacial score (nSPS) is 10.9. The Morgan fingerprint density at radius 3 is 2.36 bits per heavy atom. The Balaban J connectivity index is 1.58. The van der Waals surface area contributed by atoms with Gasteiger partial charge in [-0.2, -0.15) is 0 Å². The van der Waals surface area contributed by atoms with Crippen LogP contribution in [0.15, 0.2) is 36.5 Å². The standard InChI is InChI=1S/C21H20Cl3N3O/c1-3-18-20(24)19(27-13(2)26-18)6-4-5-14-7-9-16(10-8-14)28-21-17(23)11-15(22)12-25-21/h7-12H,3-6H2,1-2H3. The van der Waals surface area contributed by atoms with Crippen LogP contribution in [0.25, 0.3) is 0 Å². The molecule has 28 heavy (non-hydrogen) atoms. The summed E-state index contributed by atoms with van der Waals surface area (Å²) in [6.07, 6.45) is 4.99. The van der Waals surface area contributed by atoms with Gasteiger partial charge in [0.05, 0.1) is 21.4 Å². The zero-order valence-corrected chi connectivity index (χ0v) is 17.9. The third-order valence-corrected chi connectivity index (χ3v) is 5.14. The first-order valence-corrected chi connectivity index (χ1v) is 10.2. The molecule has 0 saturated carbocycles. The molecule has 0 spiro atoms. The van der Waals surface area contributed by atoms with Crippen LogP contribution in [0.2, 0.25) is 15.1 Å². The lowest BCUT2D eigenvalue weighted by molar-refractivity contribution is 0.463. The number of rotatable bonds is 7. The maximum atomic E-state index is 6.42. The zero-order valence-electron chi connectivity index (χ0n) is 15.7. The average molecular weight is 437 g/mol. The van der Waals surface area contributed by atoms with Gasteiger partial charge >= 0.3 is 0 Å². The Morgan fingerprint density at radius 1 is 0.964 bits per heavy atom. The summed E-state index contributed by atoms with van der Waals surface area (Å²) in [5.74, 6) is 1.77. The van der Waals surface area contributed by atoms with Gasteiger partial charge in [-0.25, -0.2) is 15.0 Å². The first kappa shape index (κ1) is 20.8. The Hall–Kier alpha value is -1.88. The van der Waals surface area contributed by atoms with Crippen molar-refractivity contribution in [1.82, 2.24) is 15.0 Å². The fourth-order valence-electron chi connectivity index (χ4n) is 2.85. The van der Waals surface area contributed by atoms with Crippen molar-refractivity contribution >= 4 is 34.8 Å². The summed E-state index contributed by atoms with van der Waals surface area (Å²) in [7, 11) is 0. The van der Waals surface area contributed by atoms with Crippen LogP contribution < -0.4 is 4.74 Å². The van der Waals surface area contributed by atoms with Crippen LogP contribution in [0.4, 0.5) is 0 Å². The monoisotopic (exact) mass is 435 g/mol. The van der Waals surface area contributed by atoms with Gasteiger partial charge in [0, 0.05) is 6.20 Å². The number of pyridine rings is 1. The molecular formula is C21H20Cl3N3O. The average Bonchev–Trinajstić information content (AvgIpc) is 2.67. The molecule has 0 aliphatic heterocycles.